The lowest BCUT2D eigenvalue weighted by Gasteiger charge is -2.09. The first-order valence-electron chi connectivity index (χ1n) is 5.09. The molecule has 0 heterocycles. The minimum Gasteiger partial charge on any atom is -0.478 e. The quantitative estimate of drug-likeness (QED) is 0.749. The van der Waals surface area contributed by atoms with Crippen LogP contribution in [0.1, 0.15) is 10.4 Å². The van der Waals surface area contributed by atoms with E-state index in [0.717, 1.165) is 4.90 Å². The van der Waals surface area contributed by atoms with Gasteiger partial charge in [0.15, 0.2) is 0 Å². The Balaban J connectivity index is 2.34. The Morgan fingerprint density at radius 1 is 1.00 bits per heavy atom. The van der Waals surface area contributed by atoms with Gasteiger partial charge in [0, 0.05) is 9.79 Å². The highest BCUT2D eigenvalue weighted by atomic mass is 32.1. The van der Waals surface area contributed by atoms with Crippen molar-refractivity contribution in [3.8, 4) is 11.5 Å². The largest absolute Gasteiger partial charge is 0.478 e. The molecule has 0 aliphatic carbocycles. The number of hydrogen-bond acceptors (Lipinski definition) is 4. The molecule has 0 amide bonds. The lowest BCUT2D eigenvalue weighted by Crippen LogP contribution is -2.00. The molecule has 2 rings (SSSR count). The minimum absolute atomic E-state index is 0.0810. The molecule has 5 heteroatoms. The van der Waals surface area contributed by atoms with E-state index in [9.17, 15) is 4.79 Å². The Labute approximate surface area is 115 Å². The lowest BCUT2D eigenvalue weighted by molar-refractivity contribution is 0.0694. The van der Waals surface area contributed by atoms with Gasteiger partial charge in [-0.2, -0.15) is 0 Å². The minimum atomic E-state index is -1.05. The number of ether oxygens (including phenoxy) is 1. The van der Waals surface area contributed by atoms with Gasteiger partial charge in [0.2, 0.25) is 0 Å². The second kappa shape index (κ2) is 5.37. The monoisotopic (exact) mass is 278 g/mol. The van der Waals surface area contributed by atoms with Crippen LogP contribution >= 0.6 is 25.3 Å². The van der Waals surface area contributed by atoms with Crippen molar-refractivity contribution in [3.05, 3.63) is 48.0 Å². The highest BCUT2D eigenvalue weighted by Crippen LogP contribution is 2.28. The predicted octanol–water partition coefficient (Wildman–Crippen LogP) is 3.75. The fourth-order valence-corrected chi connectivity index (χ4v) is 1.77. The number of carboxylic acid groups (broad SMARTS) is 1. The Hall–Kier alpha value is -1.59. The number of thiol groups is 2. The van der Waals surface area contributed by atoms with Crippen LogP contribution in [0, 0.1) is 0 Å². The molecule has 0 aliphatic heterocycles. The molecular weight excluding hydrogens is 268 g/mol. The first-order valence-corrected chi connectivity index (χ1v) is 5.99. The Morgan fingerprint density at radius 3 is 2.22 bits per heavy atom. The van der Waals surface area contributed by atoms with Crippen molar-refractivity contribution in [2.45, 2.75) is 9.79 Å². The zero-order chi connectivity index (χ0) is 13.1. The van der Waals surface area contributed by atoms with Crippen LogP contribution in [0.5, 0.6) is 11.5 Å². The Morgan fingerprint density at radius 2 is 1.61 bits per heavy atom. The fourth-order valence-electron chi connectivity index (χ4n) is 1.42. The van der Waals surface area contributed by atoms with Crippen LogP contribution in [0.15, 0.2) is 52.3 Å². The van der Waals surface area contributed by atoms with Crippen LogP contribution in [-0.2, 0) is 0 Å². The summed E-state index contributed by atoms with van der Waals surface area (Å²) >= 11 is 8.27. The third-order valence-corrected chi connectivity index (χ3v) is 2.83. The first-order chi connectivity index (χ1) is 8.56. The molecule has 0 atom stereocenters. The van der Waals surface area contributed by atoms with E-state index in [4.69, 9.17) is 9.84 Å². The highest BCUT2D eigenvalue weighted by molar-refractivity contribution is 7.80. The summed E-state index contributed by atoms with van der Waals surface area (Å²) in [6.07, 6.45) is 0. The Bertz CT molecular complexity index is 579. The topological polar surface area (TPSA) is 46.5 Å². The summed E-state index contributed by atoms with van der Waals surface area (Å²) in [6, 6.07) is 11.7. The number of benzene rings is 2. The average molecular weight is 278 g/mol. The second-order valence-electron chi connectivity index (χ2n) is 3.58. The van der Waals surface area contributed by atoms with Crippen LogP contribution < -0.4 is 4.74 Å². The maximum Gasteiger partial charge on any atom is 0.339 e. The van der Waals surface area contributed by atoms with Crippen molar-refractivity contribution in [1.82, 2.24) is 0 Å². The van der Waals surface area contributed by atoms with E-state index in [1.165, 1.54) is 6.07 Å². The van der Waals surface area contributed by atoms with Gasteiger partial charge in [0.25, 0.3) is 0 Å². The molecule has 0 spiro atoms. The molecular formula is C13H10O3S2. The molecule has 0 aromatic heterocycles. The molecule has 2 aromatic carbocycles. The average Bonchev–Trinajstić information content (AvgIpc) is 2.34. The van der Waals surface area contributed by atoms with Crippen molar-refractivity contribution in [3.63, 3.8) is 0 Å². The Kier molecular flexibility index (Phi) is 3.84. The molecule has 0 fully saturated rings. The van der Waals surface area contributed by atoms with Crippen LogP contribution in [0.3, 0.4) is 0 Å². The van der Waals surface area contributed by atoms with Crippen LogP contribution in [-0.4, -0.2) is 11.1 Å². The highest BCUT2D eigenvalue weighted by Gasteiger charge is 2.12. The van der Waals surface area contributed by atoms with Gasteiger partial charge in [-0.25, -0.2) is 4.79 Å². The summed E-state index contributed by atoms with van der Waals surface area (Å²) < 4.78 is 5.53. The number of carbonyl (C=O) groups is 1. The summed E-state index contributed by atoms with van der Waals surface area (Å²) in [6.45, 7) is 0. The summed E-state index contributed by atoms with van der Waals surface area (Å²) in [7, 11) is 0. The number of aromatic carboxylic acids is 1. The number of carboxylic acids is 1. The van der Waals surface area contributed by atoms with Gasteiger partial charge in [-0.15, -0.1) is 25.3 Å². The summed E-state index contributed by atoms with van der Waals surface area (Å²) in [4.78, 5) is 12.5. The maximum atomic E-state index is 11.1. The molecule has 92 valence electrons. The fraction of sp³-hybridized carbons (Fsp3) is 0. The maximum absolute atomic E-state index is 11.1. The van der Waals surface area contributed by atoms with Crippen molar-refractivity contribution in [2.24, 2.45) is 0 Å². The van der Waals surface area contributed by atoms with Gasteiger partial charge < -0.3 is 9.84 Å². The molecule has 0 bridgehead atoms. The van der Waals surface area contributed by atoms with Crippen molar-refractivity contribution in [1.29, 1.82) is 0 Å². The van der Waals surface area contributed by atoms with E-state index in [-0.39, 0.29) is 11.3 Å². The third kappa shape index (κ3) is 3.00. The van der Waals surface area contributed by atoms with Gasteiger partial charge in [0.05, 0.1) is 0 Å². The molecule has 1 N–H and O–H groups in total. The molecule has 0 aliphatic rings. The van der Waals surface area contributed by atoms with Crippen molar-refractivity contribution >= 4 is 31.2 Å². The van der Waals surface area contributed by atoms with Crippen LogP contribution in [0.4, 0.5) is 0 Å². The van der Waals surface area contributed by atoms with Crippen LogP contribution in [0.25, 0.3) is 0 Å². The van der Waals surface area contributed by atoms with Gasteiger partial charge in [-0.1, -0.05) is 0 Å². The van der Waals surface area contributed by atoms with E-state index >= 15 is 0 Å². The zero-order valence-corrected chi connectivity index (χ0v) is 11.0. The predicted molar refractivity (Wildman–Crippen MR) is 74.4 cm³/mol. The SMILES string of the molecule is O=C(O)c1cc(S)ccc1Oc1ccc(S)cc1. The standard InChI is InChI=1S/C13H10O3S2/c14-13(15)11-7-10(18)5-6-12(11)16-8-1-3-9(17)4-2-8/h1-7,17-18H,(H,14,15). The summed E-state index contributed by atoms with van der Waals surface area (Å²) in [5.74, 6) is -0.207. The second-order valence-corrected chi connectivity index (χ2v) is 4.61. The first kappa shape index (κ1) is 12.9. The van der Waals surface area contributed by atoms with Crippen molar-refractivity contribution in [2.75, 3.05) is 0 Å². The van der Waals surface area contributed by atoms with Crippen molar-refractivity contribution < 1.29 is 14.6 Å². The summed E-state index contributed by atoms with van der Waals surface area (Å²) in [5.41, 5.74) is 0.0810. The van der Waals surface area contributed by atoms with E-state index in [2.05, 4.69) is 25.3 Å². The molecule has 0 unspecified atom stereocenters. The van der Waals surface area contributed by atoms with Gasteiger partial charge in [-0.05, 0) is 42.5 Å². The van der Waals surface area contributed by atoms with E-state index in [0.29, 0.717) is 10.6 Å². The summed E-state index contributed by atoms with van der Waals surface area (Å²) in [5, 5.41) is 9.09. The molecule has 18 heavy (non-hydrogen) atoms. The van der Waals surface area contributed by atoms with E-state index < -0.39 is 5.97 Å². The number of rotatable bonds is 3. The van der Waals surface area contributed by atoms with Gasteiger partial charge in [-0.3, -0.25) is 0 Å². The van der Waals surface area contributed by atoms with E-state index in [1.807, 2.05) is 0 Å². The molecule has 2 aromatic rings. The molecule has 0 radical (unpaired) electrons. The normalized spacial score (nSPS) is 10.1. The van der Waals surface area contributed by atoms with E-state index in [1.54, 1.807) is 36.4 Å². The molecule has 3 nitrogen and oxygen atoms in total. The molecule has 0 saturated heterocycles. The smallest absolute Gasteiger partial charge is 0.339 e. The van der Waals surface area contributed by atoms with Crippen LogP contribution in [0.2, 0.25) is 0 Å². The van der Waals surface area contributed by atoms with Gasteiger partial charge in [0.1, 0.15) is 17.1 Å². The molecule has 0 saturated carbocycles. The van der Waals surface area contributed by atoms with Gasteiger partial charge >= 0.3 is 5.97 Å². The zero-order valence-electron chi connectivity index (χ0n) is 9.20. The lowest BCUT2D eigenvalue weighted by atomic mass is 10.2. The number of hydrogen-bond donors (Lipinski definition) is 3. The third-order valence-electron chi connectivity index (χ3n) is 2.26.